The molecule has 1 aliphatic rings. The highest BCUT2D eigenvalue weighted by Gasteiger charge is 2.25. The summed E-state index contributed by atoms with van der Waals surface area (Å²) in [6.07, 6.45) is 6.00. The van der Waals surface area contributed by atoms with Crippen LogP contribution in [0.3, 0.4) is 0 Å². The number of nitrogens with zero attached hydrogens (tertiary/aromatic N) is 7. The number of H-pyrrole nitrogens is 2. The number of sulfonamides is 1. The van der Waals surface area contributed by atoms with E-state index in [1.807, 2.05) is 12.1 Å². The van der Waals surface area contributed by atoms with Crippen molar-refractivity contribution in [1.82, 2.24) is 44.8 Å². The second-order valence-electron chi connectivity index (χ2n) is 10.2. The minimum atomic E-state index is -3.44. The van der Waals surface area contributed by atoms with E-state index < -0.39 is 15.8 Å². The molecule has 0 bridgehead atoms. The Morgan fingerprint density at radius 3 is 2.76 bits per heavy atom. The third-order valence-electron chi connectivity index (χ3n) is 6.95. The van der Waals surface area contributed by atoms with Crippen LogP contribution >= 0.6 is 0 Å². The average molecular weight is 586 g/mol. The summed E-state index contributed by atoms with van der Waals surface area (Å²) in [6.45, 7) is 1.41. The van der Waals surface area contributed by atoms with E-state index in [2.05, 4.69) is 39.8 Å². The topological polar surface area (TPSA) is 184 Å². The van der Waals surface area contributed by atoms with Crippen LogP contribution in [0.15, 0.2) is 55.0 Å². The van der Waals surface area contributed by atoms with Crippen molar-refractivity contribution in [1.29, 1.82) is 0 Å². The van der Waals surface area contributed by atoms with E-state index in [0.717, 1.165) is 25.2 Å². The molecule has 5 aromatic heterocycles. The molecule has 42 heavy (non-hydrogen) atoms. The highest BCUT2D eigenvalue weighted by Crippen LogP contribution is 2.32. The SMILES string of the molecule is CS(=O)(=O)NCc1cc(F)cc(-c2ccnc3nc(-c4n[nH]c5ccc(-c6cncc(N7CC(N)C7)n6)nc45)[nH]c23)c1. The van der Waals surface area contributed by atoms with Crippen molar-refractivity contribution < 1.29 is 12.8 Å². The lowest BCUT2D eigenvalue weighted by molar-refractivity contribution is 0.514. The number of imidazole rings is 1. The summed E-state index contributed by atoms with van der Waals surface area (Å²) < 4.78 is 40.0. The van der Waals surface area contributed by atoms with Crippen LogP contribution in [0.2, 0.25) is 0 Å². The van der Waals surface area contributed by atoms with Gasteiger partial charge in [-0.05, 0) is 47.5 Å². The third kappa shape index (κ3) is 4.93. The van der Waals surface area contributed by atoms with Crippen LogP contribution in [0.5, 0.6) is 0 Å². The standard InChI is InChI=1S/C27H24FN11O2S/c1-42(40,41)32-9-14-6-15(8-16(28)7-14)18-4-5-31-26-23(18)35-27(36-26)25-24-20(37-38-25)3-2-19(34-24)21-10-30-11-22(33-21)39-12-17(29)13-39/h2-8,10-11,17,32H,9,12-13,29H2,1H3,(H,37,38)(H,31,35,36). The second kappa shape index (κ2) is 9.90. The van der Waals surface area contributed by atoms with Crippen molar-refractivity contribution in [3.05, 3.63) is 66.4 Å². The Bertz CT molecular complexity index is 2090. The second-order valence-corrected chi connectivity index (χ2v) is 12.0. The van der Waals surface area contributed by atoms with Gasteiger partial charge in [-0.3, -0.25) is 10.1 Å². The van der Waals surface area contributed by atoms with Gasteiger partial charge in [-0.2, -0.15) is 5.10 Å². The molecule has 0 atom stereocenters. The Kier molecular flexibility index (Phi) is 6.14. The number of aromatic amines is 2. The molecular weight excluding hydrogens is 561 g/mol. The van der Waals surface area contributed by atoms with Crippen LogP contribution < -0.4 is 15.4 Å². The van der Waals surface area contributed by atoms with E-state index >= 15 is 0 Å². The quantitative estimate of drug-likeness (QED) is 0.217. The molecule has 0 unspecified atom stereocenters. The van der Waals surface area contributed by atoms with Crippen molar-refractivity contribution in [2.24, 2.45) is 5.73 Å². The molecule has 0 radical (unpaired) electrons. The fraction of sp³-hybridized carbons (Fsp3) is 0.185. The normalized spacial score (nSPS) is 14.1. The van der Waals surface area contributed by atoms with Crippen LogP contribution in [0.25, 0.3) is 56.2 Å². The number of aromatic nitrogens is 8. The number of anilines is 1. The van der Waals surface area contributed by atoms with Crippen molar-refractivity contribution in [3.8, 4) is 34.0 Å². The molecule has 0 spiro atoms. The fourth-order valence-electron chi connectivity index (χ4n) is 4.92. The molecule has 212 valence electrons. The van der Waals surface area contributed by atoms with Gasteiger partial charge in [-0.15, -0.1) is 0 Å². The van der Waals surface area contributed by atoms with Crippen LogP contribution in [0, 0.1) is 5.82 Å². The highest BCUT2D eigenvalue weighted by molar-refractivity contribution is 7.88. The Balaban J connectivity index is 1.26. The first kappa shape index (κ1) is 26.1. The number of rotatable bonds is 7. The number of nitrogens with one attached hydrogen (secondary N) is 3. The maximum atomic E-state index is 14.6. The molecule has 6 aromatic rings. The van der Waals surface area contributed by atoms with Gasteiger partial charge in [0.2, 0.25) is 10.0 Å². The van der Waals surface area contributed by atoms with E-state index in [-0.39, 0.29) is 12.6 Å². The summed E-state index contributed by atoms with van der Waals surface area (Å²) in [5.41, 5.74) is 11.5. The first-order valence-corrected chi connectivity index (χ1v) is 14.9. The number of fused-ring (bicyclic) bond motifs is 2. The summed E-state index contributed by atoms with van der Waals surface area (Å²) in [4.78, 5) is 28.3. The fourth-order valence-corrected chi connectivity index (χ4v) is 5.35. The Labute approximate surface area is 238 Å². The van der Waals surface area contributed by atoms with Crippen molar-refractivity contribution in [3.63, 3.8) is 0 Å². The molecule has 1 aromatic carbocycles. The lowest BCUT2D eigenvalue weighted by Gasteiger charge is -2.37. The van der Waals surface area contributed by atoms with Crippen LogP contribution in [0.1, 0.15) is 5.56 Å². The molecule has 13 nitrogen and oxygen atoms in total. The summed E-state index contributed by atoms with van der Waals surface area (Å²) in [6, 6.07) is 9.97. The van der Waals surface area contributed by atoms with Gasteiger partial charge in [0.05, 0.1) is 35.4 Å². The molecular formula is C27H24FN11O2S. The van der Waals surface area contributed by atoms with Gasteiger partial charge in [0.1, 0.15) is 22.8 Å². The zero-order valence-electron chi connectivity index (χ0n) is 22.2. The zero-order valence-corrected chi connectivity index (χ0v) is 23.0. The van der Waals surface area contributed by atoms with Crippen molar-refractivity contribution in [2.45, 2.75) is 12.6 Å². The number of pyridine rings is 2. The molecule has 0 aliphatic carbocycles. The molecule has 1 fully saturated rings. The van der Waals surface area contributed by atoms with E-state index in [0.29, 0.717) is 61.8 Å². The molecule has 5 N–H and O–H groups in total. The summed E-state index contributed by atoms with van der Waals surface area (Å²) in [7, 11) is -3.44. The lowest BCUT2D eigenvalue weighted by atomic mass is 10.0. The van der Waals surface area contributed by atoms with E-state index in [1.54, 1.807) is 30.7 Å². The van der Waals surface area contributed by atoms with Crippen LogP contribution in [-0.2, 0) is 16.6 Å². The van der Waals surface area contributed by atoms with Gasteiger partial charge in [0.15, 0.2) is 17.2 Å². The Morgan fingerprint density at radius 1 is 1.10 bits per heavy atom. The number of benzene rings is 1. The number of hydrogen-bond donors (Lipinski definition) is 4. The largest absolute Gasteiger partial charge is 0.352 e. The smallest absolute Gasteiger partial charge is 0.209 e. The molecule has 1 saturated heterocycles. The minimum absolute atomic E-state index is 0.0435. The molecule has 1 aliphatic heterocycles. The number of nitrogens with two attached hydrogens (primary N) is 1. The Hall–Kier alpha value is -4.86. The minimum Gasteiger partial charge on any atom is -0.352 e. The maximum absolute atomic E-state index is 14.6. The molecule has 7 rings (SSSR count). The van der Waals surface area contributed by atoms with Crippen molar-refractivity contribution in [2.75, 3.05) is 24.2 Å². The summed E-state index contributed by atoms with van der Waals surface area (Å²) in [5.74, 6) is 0.666. The van der Waals surface area contributed by atoms with Crippen molar-refractivity contribution >= 4 is 38.0 Å². The molecule has 15 heteroatoms. The van der Waals surface area contributed by atoms with Crippen LogP contribution in [0.4, 0.5) is 10.2 Å². The van der Waals surface area contributed by atoms with Crippen LogP contribution in [-0.4, -0.2) is 73.9 Å². The van der Waals surface area contributed by atoms with E-state index in [4.69, 9.17) is 15.7 Å². The van der Waals surface area contributed by atoms with Gasteiger partial charge in [0, 0.05) is 37.4 Å². The molecule has 6 heterocycles. The van der Waals surface area contributed by atoms with Gasteiger partial charge in [-0.1, -0.05) is 0 Å². The van der Waals surface area contributed by atoms with E-state index in [1.165, 1.54) is 12.1 Å². The average Bonchev–Trinajstić information content (AvgIpc) is 3.57. The maximum Gasteiger partial charge on any atom is 0.209 e. The highest BCUT2D eigenvalue weighted by atomic mass is 32.2. The summed E-state index contributed by atoms with van der Waals surface area (Å²) in [5, 5.41) is 7.45. The summed E-state index contributed by atoms with van der Waals surface area (Å²) >= 11 is 0. The number of halogens is 1. The monoisotopic (exact) mass is 585 g/mol. The van der Waals surface area contributed by atoms with Gasteiger partial charge in [0.25, 0.3) is 0 Å². The molecule has 0 saturated carbocycles. The van der Waals surface area contributed by atoms with Gasteiger partial charge in [-0.25, -0.2) is 37.5 Å². The first-order chi connectivity index (χ1) is 20.2. The zero-order chi connectivity index (χ0) is 29.0. The predicted molar refractivity (Wildman–Crippen MR) is 155 cm³/mol. The first-order valence-electron chi connectivity index (χ1n) is 13.0. The Morgan fingerprint density at radius 2 is 1.95 bits per heavy atom. The predicted octanol–water partition coefficient (Wildman–Crippen LogP) is 2.36. The number of hydrogen-bond acceptors (Lipinski definition) is 10. The van der Waals surface area contributed by atoms with Gasteiger partial charge >= 0.3 is 0 Å². The van der Waals surface area contributed by atoms with Gasteiger partial charge < -0.3 is 15.6 Å². The lowest BCUT2D eigenvalue weighted by Crippen LogP contribution is -2.56. The molecule has 0 amide bonds. The third-order valence-corrected chi connectivity index (χ3v) is 7.62. The van der Waals surface area contributed by atoms with E-state index in [9.17, 15) is 12.8 Å².